The molecule has 2 rings (SSSR count). The number of esters is 1. The minimum atomic E-state index is -0.573. The Bertz CT molecular complexity index is 805. The molecule has 26 heavy (non-hydrogen) atoms. The van der Waals surface area contributed by atoms with Gasteiger partial charge >= 0.3 is 5.97 Å². The van der Waals surface area contributed by atoms with Crippen molar-refractivity contribution in [3.8, 4) is 0 Å². The van der Waals surface area contributed by atoms with Crippen molar-refractivity contribution in [3.05, 3.63) is 64.7 Å². The maximum Gasteiger partial charge on any atom is 0.307 e. The average Bonchev–Trinajstić information content (AvgIpc) is 2.61. The fraction of sp³-hybridized carbons (Fsp3) is 0.211. The van der Waals surface area contributed by atoms with Gasteiger partial charge < -0.3 is 15.4 Å². The summed E-state index contributed by atoms with van der Waals surface area (Å²) in [5.41, 5.74) is 1.60. The molecule has 1 atom stereocenters. The molecule has 0 unspecified atom stereocenters. The third-order valence-electron chi connectivity index (χ3n) is 3.62. The van der Waals surface area contributed by atoms with Gasteiger partial charge in [0.05, 0.1) is 19.6 Å². The summed E-state index contributed by atoms with van der Waals surface area (Å²) in [6.45, 7) is 1.39. The van der Waals surface area contributed by atoms with Crippen molar-refractivity contribution in [2.45, 2.75) is 19.4 Å². The lowest BCUT2D eigenvalue weighted by atomic mass is 10.0. The lowest BCUT2D eigenvalue weighted by molar-refractivity contribution is -0.141. The number of halogens is 1. The van der Waals surface area contributed by atoms with Gasteiger partial charge in [-0.2, -0.15) is 0 Å². The number of anilines is 1. The van der Waals surface area contributed by atoms with Crippen LogP contribution in [-0.4, -0.2) is 24.9 Å². The maximum absolute atomic E-state index is 12.6. The molecule has 2 amide bonds. The summed E-state index contributed by atoms with van der Waals surface area (Å²) in [5, 5.41) is 6.00. The Labute approximate surface area is 156 Å². The molecule has 0 aromatic heterocycles. The van der Waals surface area contributed by atoms with Gasteiger partial charge in [-0.05, 0) is 35.9 Å². The number of amides is 2. The van der Waals surface area contributed by atoms with E-state index in [2.05, 4.69) is 10.6 Å². The Morgan fingerprint density at radius 2 is 1.81 bits per heavy atom. The van der Waals surface area contributed by atoms with Crippen molar-refractivity contribution < 1.29 is 19.1 Å². The van der Waals surface area contributed by atoms with Gasteiger partial charge in [0.15, 0.2) is 0 Å². The Kier molecular flexibility index (Phi) is 6.74. The van der Waals surface area contributed by atoms with Gasteiger partial charge in [0.25, 0.3) is 5.91 Å². The van der Waals surface area contributed by atoms with Gasteiger partial charge in [0.1, 0.15) is 0 Å². The lowest BCUT2D eigenvalue weighted by Crippen LogP contribution is -2.30. The first-order chi connectivity index (χ1) is 12.4. The molecular formula is C19H19ClN2O4. The molecule has 0 aliphatic rings. The molecule has 0 saturated carbocycles. The number of methoxy groups -OCH3 is 1. The second kappa shape index (κ2) is 9.01. The van der Waals surface area contributed by atoms with E-state index in [-0.39, 0.29) is 18.2 Å². The summed E-state index contributed by atoms with van der Waals surface area (Å²) in [6, 6.07) is 12.8. The van der Waals surface area contributed by atoms with Gasteiger partial charge in [-0.25, -0.2) is 0 Å². The standard InChI is InChI=1S/C19H19ClN2O4/c1-12(23)21-16-5-3-4-14(10-16)19(25)22-17(11-18(24)26-2)13-6-8-15(20)9-7-13/h3-10,17H,11H2,1-2H3,(H,21,23)(H,22,25)/t17-/m1/s1. The number of hydrogen-bond donors (Lipinski definition) is 2. The van der Waals surface area contributed by atoms with Crippen LogP contribution in [-0.2, 0) is 14.3 Å². The minimum Gasteiger partial charge on any atom is -0.469 e. The number of carbonyl (C=O) groups excluding carboxylic acids is 3. The minimum absolute atomic E-state index is 0.0186. The zero-order valence-corrected chi connectivity index (χ0v) is 15.2. The number of ether oxygens (including phenoxy) is 1. The first-order valence-corrected chi connectivity index (χ1v) is 8.27. The van der Waals surface area contributed by atoms with Crippen LogP contribution in [0.1, 0.15) is 35.3 Å². The van der Waals surface area contributed by atoms with Crippen LogP contribution in [0.4, 0.5) is 5.69 Å². The van der Waals surface area contributed by atoms with Crippen LogP contribution in [0.5, 0.6) is 0 Å². The van der Waals surface area contributed by atoms with Crippen molar-refractivity contribution in [1.29, 1.82) is 0 Å². The molecule has 0 heterocycles. The maximum atomic E-state index is 12.6. The fourth-order valence-corrected chi connectivity index (χ4v) is 2.51. The largest absolute Gasteiger partial charge is 0.469 e. The lowest BCUT2D eigenvalue weighted by Gasteiger charge is -2.18. The van der Waals surface area contributed by atoms with E-state index in [0.29, 0.717) is 16.3 Å². The van der Waals surface area contributed by atoms with Crippen LogP contribution in [0.25, 0.3) is 0 Å². The molecule has 7 heteroatoms. The van der Waals surface area contributed by atoms with E-state index in [4.69, 9.17) is 16.3 Å². The van der Waals surface area contributed by atoms with Crippen LogP contribution in [0.3, 0.4) is 0 Å². The Hall–Kier alpha value is -2.86. The molecule has 0 saturated heterocycles. The summed E-state index contributed by atoms with van der Waals surface area (Å²) in [5.74, 6) is -1.05. The van der Waals surface area contributed by atoms with E-state index in [9.17, 15) is 14.4 Å². The van der Waals surface area contributed by atoms with Gasteiger partial charge in [-0.1, -0.05) is 29.8 Å². The van der Waals surface area contributed by atoms with Crippen LogP contribution >= 0.6 is 11.6 Å². The second-order valence-electron chi connectivity index (χ2n) is 5.62. The van der Waals surface area contributed by atoms with Crippen molar-refractivity contribution in [2.24, 2.45) is 0 Å². The average molecular weight is 375 g/mol. The number of carbonyl (C=O) groups is 3. The molecule has 0 bridgehead atoms. The van der Waals surface area contributed by atoms with Crippen molar-refractivity contribution in [2.75, 3.05) is 12.4 Å². The van der Waals surface area contributed by atoms with Gasteiger partial charge in [-0.15, -0.1) is 0 Å². The third-order valence-corrected chi connectivity index (χ3v) is 3.87. The molecular weight excluding hydrogens is 356 g/mol. The number of rotatable bonds is 6. The zero-order valence-electron chi connectivity index (χ0n) is 14.4. The Balaban J connectivity index is 2.21. The first kappa shape index (κ1) is 19.5. The molecule has 0 spiro atoms. The molecule has 0 radical (unpaired) electrons. The van der Waals surface area contributed by atoms with Crippen molar-refractivity contribution >= 4 is 35.1 Å². The van der Waals surface area contributed by atoms with Crippen molar-refractivity contribution in [3.63, 3.8) is 0 Å². The molecule has 2 aromatic rings. The van der Waals surface area contributed by atoms with Crippen LogP contribution in [0.2, 0.25) is 5.02 Å². The predicted octanol–water partition coefficient (Wildman–Crippen LogP) is 3.33. The van der Waals surface area contributed by atoms with Gasteiger partial charge in [0, 0.05) is 23.2 Å². The van der Waals surface area contributed by atoms with Crippen LogP contribution in [0.15, 0.2) is 48.5 Å². The van der Waals surface area contributed by atoms with E-state index in [1.165, 1.54) is 14.0 Å². The van der Waals surface area contributed by atoms with E-state index < -0.39 is 12.0 Å². The van der Waals surface area contributed by atoms with E-state index >= 15 is 0 Å². The van der Waals surface area contributed by atoms with E-state index in [1.54, 1.807) is 48.5 Å². The van der Waals surface area contributed by atoms with Gasteiger partial charge in [-0.3, -0.25) is 14.4 Å². The smallest absolute Gasteiger partial charge is 0.307 e. The summed E-state index contributed by atoms with van der Waals surface area (Å²) >= 11 is 5.90. The quantitative estimate of drug-likeness (QED) is 0.759. The molecule has 0 fully saturated rings. The highest BCUT2D eigenvalue weighted by Crippen LogP contribution is 2.21. The normalized spacial score (nSPS) is 11.3. The van der Waals surface area contributed by atoms with E-state index in [1.807, 2.05) is 0 Å². The SMILES string of the molecule is COC(=O)C[C@@H](NC(=O)c1cccc(NC(C)=O)c1)c1ccc(Cl)cc1. The molecule has 0 aliphatic carbocycles. The Morgan fingerprint density at radius 3 is 2.42 bits per heavy atom. The van der Waals surface area contributed by atoms with Crippen LogP contribution in [0, 0.1) is 0 Å². The monoisotopic (exact) mass is 374 g/mol. The summed E-state index contributed by atoms with van der Waals surface area (Å²) in [7, 11) is 1.29. The first-order valence-electron chi connectivity index (χ1n) is 7.90. The molecule has 0 aliphatic heterocycles. The number of benzene rings is 2. The summed E-state index contributed by atoms with van der Waals surface area (Å²) in [6.07, 6.45) is -0.0186. The number of nitrogens with one attached hydrogen (secondary N) is 2. The highest BCUT2D eigenvalue weighted by Gasteiger charge is 2.20. The Morgan fingerprint density at radius 1 is 1.12 bits per heavy atom. The zero-order chi connectivity index (χ0) is 19.1. The highest BCUT2D eigenvalue weighted by atomic mass is 35.5. The summed E-state index contributed by atoms with van der Waals surface area (Å²) in [4.78, 5) is 35.5. The van der Waals surface area contributed by atoms with Crippen LogP contribution < -0.4 is 10.6 Å². The molecule has 6 nitrogen and oxygen atoms in total. The molecule has 2 N–H and O–H groups in total. The molecule has 136 valence electrons. The fourth-order valence-electron chi connectivity index (χ4n) is 2.38. The number of hydrogen-bond acceptors (Lipinski definition) is 4. The van der Waals surface area contributed by atoms with Crippen molar-refractivity contribution in [1.82, 2.24) is 5.32 Å². The topological polar surface area (TPSA) is 84.5 Å². The summed E-state index contributed by atoms with van der Waals surface area (Å²) < 4.78 is 4.71. The van der Waals surface area contributed by atoms with E-state index in [0.717, 1.165) is 5.56 Å². The molecule has 2 aromatic carbocycles. The predicted molar refractivity (Wildman–Crippen MR) is 99.0 cm³/mol. The highest BCUT2D eigenvalue weighted by molar-refractivity contribution is 6.30. The van der Waals surface area contributed by atoms with Gasteiger partial charge in [0.2, 0.25) is 5.91 Å². The second-order valence-corrected chi connectivity index (χ2v) is 6.06. The third kappa shape index (κ3) is 5.60.